The van der Waals surface area contributed by atoms with E-state index in [-0.39, 0.29) is 0 Å². The Morgan fingerprint density at radius 2 is 1.95 bits per heavy atom. The van der Waals surface area contributed by atoms with Crippen molar-refractivity contribution in [1.29, 1.82) is 0 Å². The summed E-state index contributed by atoms with van der Waals surface area (Å²) in [5, 5.41) is 4.15. The zero-order chi connectivity index (χ0) is 15.1. The van der Waals surface area contributed by atoms with Crippen molar-refractivity contribution in [2.75, 3.05) is 20.6 Å². The summed E-state index contributed by atoms with van der Waals surface area (Å²) in [5.74, 6) is 0. The average molecular weight is 304 g/mol. The Morgan fingerprint density at radius 1 is 1.19 bits per heavy atom. The van der Waals surface area contributed by atoms with Gasteiger partial charge in [0.15, 0.2) is 0 Å². The predicted octanol–water partition coefficient (Wildman–Crippen LogP) is 3.52. The summed E-state index contributed by atoms with van der Waals surface area (Å²) in [6.45, 7) is 1.88. The van der Waals surface area contributed by atoms with Crippen LogP contribution >= 0.6 is 11.6 Å². The number of halogens is 1. The van der Waals surface area contributed by atoms with E-state index in [0.717, 1.165) is 30.2 Å². The Bertz CT molecular complexity index is 527. The highest BCUT2D eigenvalue weighted by Crippen LogP contribution is 2.19. The van der Waals surface area contributed by atoms with Crippen LogP contribution in [0.4, 0.5) is 0 Å². The summed E-state index contributed by atoms with van der Waals surface area (Å²) in [5.41, 5.74) is 2.38. The van der Waals surface area contributed by atoms with Gasteiger partial charge in [-0.25, -0.2) is 0 Å². The number of benzene rings is 1. The van der Waals surface area contributed by atoms with Gasteiger partial charge in [0.2, 0.25) is 0 Å². The molecule has 0 saturated carbocycles. The van der Waals surface area contributed by atoms with Crippen LogP contribution in [0.5, 0.6) is 0 Å². The van der Waals surface area contributed by atoms with E-state index in [1.165, 1.54) is 5.56 Å². The SMILES string of the molecule is CNC(CCN(C)Cc1ccccn1)c1ccc(Cl)cc1. The van der Waals surface area contributed by atoms with E-state index >= 15 is 0 Å². The highest BCUT2D eigenvalue weighted by Gasteiger charge is 2.10. The zero-order valence-electron chi connectivity index (χ0n) is 12.6. The standard InChI is InChI=1S/C17H22ClN3/c1-19-17(14-6-8-15(18)9-7-14)10-12-21(2)13-16-5-3-4-11-20-16/h3-9,11,17,19H,10,12-13H2,1-2H3. The number of pyridine rings is 1. The van der Waals surface area contributed by atoms with Gasteiger partial charge in [0.05, 0.1) is 5.69 Å². The number of nitrogens with zero attached hydrogens (tertiary/aromatic N) is 2. The minimum absolute atomic E-state index is 0.341. The number of hydrogen-bond acceptors (Lipinski definition) is 3. The first kappa shape index (κ1) is 16.0. The van der Waals surface area contributed by atoms with Crippen LogP contribution in [0.2, 0.25) is 5.02 Å². The molecule has 2 aromatic rings. The molecule has 0 saturated heterocycles. The highest BCUT2D eigenvalue weighted by atomic mass is 35.5. The van der Waals surface area contributed by atoms with E-state index in [0.29, 0.717) is 6.04 Å². The predicted molar refractivity (Wildman–Crippen MR) is 88.4 cm³/mol. The Morgan fingerprint density at radius 3 is 2.57 bits per heavy atom. The van der Waals surface area contributed by atoms with Gasteiger partial charge >= 0.3 is 0 Å². The van der Waals surface area contributed by atoms with Gasteiger partial charge in [0, 0.05) is 30.4 Å². The monoisotopic (exact) mass is 303 g/mol. The van der Waals surface area contributed by atoms with Gasteiger partial charge in [-0.1, -0.05) is 29.8 Å². The first-order valence-electron chi connectivity index (χ1n) is 7.20. The van der Waals surface area contributed by atoms with Gasteiger partial charge < -0.3 is 10.2 Å². The van der Waals surface area contributed by atoms with Crippen molar-refractivity contribution < 1.29 is 0 Å². The van der Waals surface area contributed by atoms with Gasteiger partial charge in [-0.3, -0.25) is 4.98 Å². The van der Waals surface area contributed by atoms with Crippen LogP contribution < -0.4 is 5.32 Å². The fourth-order valence-electron chi connectivity index (χ4n) is 2.37. The average Bonchev–Trinajstić information content (AvgIpc) is 2.50. The highest BCUT2D eigenvalue weighted by molar-refractivity contribution is 6.30. The lowest BCUT2D eigenvalue weighted by Gasteiger charge is -2.21. The summed E-state index contributed by atoms with van der Waals surface area (Å²) < 4.78 is 0. The van der Waals surface area contributed by atoms with Gasteiger partial charge in [0.1, 0.15) is 0 Å². The van der Waals surface area contributed by atoms with Crippen molar-refractivity contribution in [1.82, 2.24) is 15.2 Å². The Labute approximate surface area is 132 Å². The topological polar surface area (TPSA) is 28.2 Å². The maximum atomic E-state index is 5.94. The minimum Gasteiger partial charge on any atom is -0.313 e. The quantitative estimate of drug-likeness (QED) is 0.848. The second-order valence-corrected chi connectivity index (χ2v) is 5.68. The summed E-state index contributed by atoms with van der Waals surface area (Å²) in [7, 11) is 4.13. The van der Waals surface area contributed by atoms with Crippen LogP contribution in [0.1, 0.15) is 23.7 Å². The number of aromatic nitrogens is 1. The lowest BCUT2D eigenvalue weighted by molar-refractivity contribution is 0.300. The van der Waals surface area contributed by atoms with Crippen LogP contribution in [-0.2, 0) is 6.54 Å². The zero-order valence-corrected chi connectivity index (χ0v) is 13.3. The Kier molecular flexibility index (Phi) is 6.18. The molecule has 0 aliphatic heterocycles. The van der Waals surface area contributed by atoms with E-state index in [9.17, 15) is 0 Å². The van der Waals surface area contributed by atoms with E-state index in [1.807, 2.05) is 37.5 Å². The molecule has 2 rings (SSSR count). The molecule has 0 fully saturated rings. The molecule has 0 radical (unpaired) electrons. The van der Waals surface area contributed by atoms with Gasteiger partial charge in [-0.15, -0.1) is 0 Å². The molecule has 0 bridgehead atoms. The smallest absolute Gasteiger partial charge is 0.0543 e. The van der Waals surface area contributed by atoms with Crippen molar-refractivity contribution in [3.05, 3.63) is 64.9 Å². The van der Waals surface area contributed by atoms with Crippen LogP contribution in [0.15, 0.2) is 48.7 Å². The normalized spacial score (nSPS) is 12.6. The fraction of sp³-hybridized carbons (Fsp3) is 0.353. The molecule has 1 heterocycles. The first-order chi connectivity index (χ1) is 10.2. The molecule has 4 heteroatoms. The van der Waals surface area contributed by atoms with Crippen molar-refractivity contribution in [2.24, 2.45) is 0 Å². The maximum absolute atomic E-state index is 5.94. The van der Waals surface area contributed by atoms with Crippen LogP contribution in [-0.4, -0.2) is 30.5 Å². The number of hydrogen-bond donors (Lipinski definition) is 1. The summed E-state index contributed by atoms with van der Waals surface area (Å²) in [4.78, 5) is 6.66. The third kappa shape index (κ3) is 5.12. The molecule has 0 aliphatic carbocycles. The molecular weight excluding hydrogens is 282 g/mol. The third-order valence-electron chi connectivity index (χ3n) is 3.58. The third-order valence-corrected chi connectivity index (χ3v) is 3.83. The molecule has 1 N–H and O–H groups in total. The first-order valence-corrected chi connectivity index (χ1v) is 7.58. The molecule has 1 unspecified atom stereocenters. The van der Waals surface area contributed by atoms with Gasteiger partial charge in [-0.05, 0) is 50.3 Å². The van der Waals surface area contributed by atoms with Gasteiger partial charge in [-0.2, -0.15) is 0 Å². The van der Waals surface area contributed by atoms with Crippen LogP contribution in [0.25, 0.3) is 0 Å². The second kappa shape index (κ2) is 8.13. The summed E-state index contributed by atoms with van der Waals surface area (Å²) in [6.07, 6.45) is 2.88. The Hall–Kier alpha value is -1.42. The van der Waals surface area contributed by atoms with Crippen molar-refractivity contribution in [2.45, 2.75) is 19.0 Å². The molecular formula is C17H22ClN3. The minimum atomic E-state index is 0.341. The molecule has 0 spiro atoms. The summed E-state index contributed by atoms with van der Waals surface area (Å²) in [6, 6.07) is 14.4. The molecule has 21 heavy (non-hydrogen) atoms. The number of rotatable bonds is 7. The van der Waals surface area contributed by atoms with E-state index in [1.54, 1.807) is 0 Å². The van der Waals surface area contributed by atoms with Crippen LogP contribution in [0.3, 0.4) is 0 Å². The molecule has 1 aromatic heterocycles. The number of nitrogens with one attached hydrogen (secondary N) is 1. The van der Waals surface area contributed by atoms with E-state index in [4.69, 9.17) is 11.6 Å². The van der Waals surface area contributed by atoms with Crippen molar-refractivity contribution in [3.63, 3.8) is 0 Å². The Balaban J connectivity index is 1.86. The fourth-order valence-corrected chi connectivity index (χ4v) is 2.50. The molecule has 1 atom stereocenters. The molecule has 0 amide bonds. The molecule has 1 aromatic carbocycles. The van der Waals surface area contributed by atoms with Crippen molar-refractivity contribution in [3.8, 4) is 0 Å². The van der Waals surface area contributed by atoms with Crippen molar-refractivity contribution >= 4 is 11.6 Å². The summed E-state index contributed by atoms with van der Waals surface area (Å²) >= 11 is 5.94. The van der Waals surface area contributed by atoms with Crippen LogP contribution in [0, 0.1) is 0 Å². The van der Waals surface area contributed by atoms with E-state index < -0.39 is 0 Å². The molecule has 0 aliphatic rings. The maximum Gasteiger partial charge on any atom is 0.0543 e. The largest absolute Gasteiger partial charge is 0.313 e. The molecule has 112 valence electrons. The lowest BCUT2D eigenvalue weighted by atomic mass is 10.0. The van der Waals surface area contributed by atoms with Gasteiger partial charge in [0.25, 0.3) is 0 Å². The molecule has 3 nitrogen and oxygen atoms in total. The second-order valence-electron chi connectivity index (χ2n) is 5.24. The lowest BCUT2D eigenvalue weighted by Crippen LogP contribution is -2.25. The van der Waals surface area contributed by atoms with E-state index in [2.05, 4.69) is 40.4 Å².